The van der Waals surface area contributed by atoms with Crippen molar-refractivity contribution in [3.63, 3.8) is 0 Å². The van der Waals surface area contributed by atoms with E-state index in [4.69, 9.17) is 5.11 Å². The van der Waals surface area contributed by atoms with E-state index in [9.17, 15) is 0 Å². The van der Waals surface area contributed by atoms with Crippen LogP contribution in [0.15, 0.2) is 24.4 Å². The molecule has 1 atom stereocenters. The van der Waals surface area contributed by atoms with Crippen LogP contribution in [-0.4, -0.2) is 22.7 Å². The Morgan fingerprint density at radius 3 is 3.00 bits per heavy atom. The first kappa shape index (κ1) is 10.2. The van der Waals surface area contributed by atoms with Crippen LogP contribution in [0, 0.1) is 0 Å². The van der Waals surface area contributed by atoms with Gasteiger partial charge in [0.2, 0.25) is 0 Å². The van der Waals surface area contributed by atoms with Crippen molar-refractivity contribution in [3.05, 3.63) is 30.1 Å². The van der Waals surface area contributed by atoms with Gasteiger partial charge in [0.1, 0.15) is 0 Å². The van der Waals surface area contributed by atoms with Crippen molar-refractivity contribution in [3.8, 4) is 0 Å². The highest BCUT2D eigenvalue weighted by Crippen LogP contribution is 1.92. The maximum Gasteiger partial charge on any atom is 0.0541 e. The van der Waals surface area contributed by atoms with Crippen LogP contribution >= 0.6 is 0 Å². The van der Waals surface area contributed by atoms with E-state index in [0.29, 0.717) is 0 Å². The Labute approximate surface area is 78.8 Å². The zero-order valence-electron chi connectivity index (χ0n) is 7.90. The first-order chi connectivity index (χ1) is 6.29. The van der Waals surface area contributed by atoms with Crippen molar-refractivity contribution in [2.75, 3.05) is 6.54 Å². The summed E-state index contributed by atoms with van der Waals surface area (Å²) in [5, 5.41) is 12.2. The van der Waals surface area contributed by atoms with E-state index in [1.165, 1.54) is 0 Å². The third-order valence-corrected chi connectivity index (χ3v) is 1.77. The average molecular weight is 180 g/mol. The van der Waals surface area contributed by atoms with E-state index in [-0.39, 0.29) is 6.10 Å². The molecule has 1 aromatic rings. The second kappa shape index (κ2) is 5.67. The Kier molecular flexibility index (Phi) is 4.43. The monoisotopic (exact) mass is 180 g/mol. The zero-order valence-corrected chi connectivity index (χ0v) is 7.90. The molecule has 0 aromatic carbocycles. The standard InChI is InChI=1S/C10H16N2O/c1-9(13)5-7-11-8-10-4-2-3-6-12-10/h2-4,6,9,11,13H,5,7-8H2,1H3/t9-/m0/s1. The molecule has 1 rings (SSSR count). The van der Waals surface area contributed by atoms with Crippen molar-refractivity contribution in [1.82, 2.24) is 10.3 Å². The second-order valence-corrected chi connectivity index (χ2v) is 3.14. The Bertz CT molecular complexity index is 224. The first-order valence-corrected chi connectivity index (χ1v) is 4.57. The average Bonchev–Trinajstić information content (AvgIpc) is 2.14. The normalized spacial score (nSPS) is 12.8. The third-order valence-electron chi connectivity index (χ3n) is 1.77. The van der Waals surface area contributed by atoms with Crippen LogP contribution in [0.25, 0.3) is 0 Å². The van der Waals surface area contributed by atoms with Crippen LogP contribution in [0.1, 0.15) is 19.0 Å². The number of nitrogens with zero attached hydrogens (tertiary/aromatic N) is 1. The minimum absolute atomic E-state index is 0.226. The molecule has 1 heterocycles. The molecule has 1 aromatic heterocycles. The van der Waals surface area contributed by atoms with Crippen LogP contribution in [0.3, 0.4) is 0 Å². The lowest BCUT2D eigenvalue weighted by Gasteiger charge is -2.05. The summed E-state index contributed by atoms with van der Waals surface area (Å²) in [6, 6.07) is 5.85. The van der Waals surface area contributed by atoms with Crippen molar-refractivity contribution in [2.24, 2.45) is 0 Å². The van der Waals surface area contributed by atoms with E-state index in [1.807, 2.05) is 18.2 Å². The van der Waals surface area contributed by atoms with Gasteiger partial charge < -0.3 is 10.4 Å². The molecule has 0 bridgehead atoms. The maximum atomic E-state index is 8.99. The molecule has 3 heteroatoms. The fourth-order valence-electron chi connectivity index (χ4n) is 1.03. The number of nitrogens with one attached hydrogen (secondary N) is 1. The molecule has 0 aliphatic carbocycles. The summed E-state index contributed by atoms with van der Waals surface area (Å²) in [5.41, 5.74) is 1.04. The fourth-order valence-corrected chi connectivity index (χ4v) is 1.03. The minimum atomic E-state index is -0.226. The fraction of sp³-hybridized carbons (Fsp3) is 0.500. The quantitative estimate of drug-likeness (QED) is 0.663. The van der Waals surface area contributed by atoms with Crippen molar-refractivity contribution >= 4 is 0 Å². The molecule has 0 saturated carbocycles. The van der Waals surface area contributed by atoms with Gasteiger partial charge >= 0.3 is 0 Å². The molecule has 13 heavy (non-hydrogen) atoms. The number of aromatic nitrogens is 1. The van der Waals surface area contributed by atoms with Gasteiger partial charge in [0.05, 0.1) is 11.8 Å². The summed E-state index contributed by atoms with van der Waals surface area (Å²) in [7, 11) is 0. The number of aliphatic hydroxyl groups excluding tert-OH is 1. The Morgan fingerprint density at radius 2 is 2.38 bits per heavy atom. The molecule has 2 N–H and O–H groups in total. The Morgan fingerprint density at radius 1 is 1.54 bits per heavy atom. The number of pyridine rings is 1. The van der Waals surface area contributed by atoms with Gasteiger partial charge in [0, 0.05) is 12.7 Å². The lowest BCUT2D eigenvalue weighted by molar-refractivity contribution is 0.183. The highest BCUT2D eigenvalue weighted by atomic mass is 16.3. The summed E-state index contributed by atoms with van der Waals surface area (Å²) in [6.45, 7) is 3.39. The van der Waals surface area contributed by atoms with Gasteiger partial charge in [0.25, 0.3) is 0 Å². The third kappa shape index (κ3) is 4.60. The van der Waals surface area contributed by atoms with E-state index in [0.717, 1.165) is 25.2 Å². The summed E-state index contributed by atoms with van der Waals surface area (Å²) in [5.74, 6) is 0. The van der Waals surface area contributed by atoms with Gasteiger partial charge in [-0.2, -0.15) is 0 Å². The maximum absolute atomic E-state index is 8.99. The molecule has 0 aliphatic rings. The first-order valence-electron chi connectivity index (χ1n) is 4.57. The predicted molar refractivity (Wildman–Crippen MR) is 52.2 cm³/mol. The van der Waals surface area contributed by atoms with Crippen LogP contribution in [0.4, 0.5) is 0 Å². The van der Waals surface area contributed by atoms with Crippen molar-refractivity contribution < 1.29 is 5.11 Å². The molecular formula is C10H16N2O. The topological polar surface area (TPSA) is 45.1 Å². The van der Waals surface area contributed by atoms with Crippen molar-refractivity contribution in [2.45, 2.75) is 26.0 Å². The lowest BCUT2D eigenvalue weighted by Crippen LogP contribution is -2.19. The van der Waals surface area contributed by atoms with Crippen LogP contribution < -0.4 is 5.32 Å². The van der Waals surface area contributed by atoms with Gasteiger partial charge in [0.15, 0.2) is 0 Å². The lowest BCUT2D eigenvalue weighted by atomic mass is 10.3. The van der Waals surface area contributed by atoms with Crippen molar-refractivity contribution in [1.29, 1.82) is 0 Å². The highest BCUT2D eigenvalue weighted by Gasteiger charge is 1.95. The van der Waals surface area contributed by atoms with E-state index >= 15 is 0 Å². The number of hydrogen-bond donors (Lipinski definition) is 2. The summed E-state index contributed by atoms with van der Waals surface area (Å²) < 4.78 is 0. The molecule has 0 amide bonds. The molecule has 0 spiro atoms. The van der Waals surface area contributed by atoms with E-state index in [1.54, 1.807) is 13.1 Å². The van der Waals surface area contributed by atoms with Crippen LogP contribution in [0.2, 0.25) is 0 Å². The smallest absolute Gasteiger partial charge is 0.0541 e. The largest absolute Gasteiger partial charge is 0.393 e. The van der Waals surface area contributed by atoms with E-state index < -0.39 is 0 Å². The summed E-state index contributed by atoms with van der Waals surface area (Å²) >= 11 is 0. The predicted octanol–water partition coefficient (Wildman–Crippen LogP) is 0.942. The number of rotatable bonds is 5. The molecule has 0 aliphatic heterocycles. The highest BCUT2D eigenvalue weighted by molar-refractivity contribution is 5.02. The second-order valence-electron chi connectivity index (χ2n) is 3.14. The molecule has 0 radical (unpaired) electrons. The number of aliphatic hydroxyl groups is 1. The number of hydrogen-bond acceptors (Lipinski definition) is 3. The molecule has 72 valence electrons. The van der Waals surface area contributed by atoms with Crippen LogP contribution in [0.5, 0.6) is 0 Å². The van der Waals surface area contributed by atoms with Gasteiger partial charge in [-0.1, -0.05) is 6.07 Å². The molecule has 0 unspecified atom stereocenters. The molecule has 3 nitrogen and oxygen atoms in total. The summed E-state index contributed by atoms with van der Waals surface area (Å²) in [4.78, 5) is 4.17. The van der Waals surface area contributed by atoms with Gasteiger partial charge in [-0.05, 0) is 32.0 Å². The SMILES string of the molecule is C[C@H](O)CCNCc1ccccn1. The van der Waals surface area contributed by atoms with E-state index in [2.05, 4.69) is 10.3 Å². The summed E-state index contributed by atoms with van der Waals surface area (Å²) in [6.07, 6.45) is 2.34. The zero-order chi connectivity index (χ0) is 9.52. The van der Waals surface area contributed by atoms with Gasteiger partial charge in [-0.25, -0.2) is 0 Å². The molecule has 0 saturated heterocycles. The van der Waals surface area contributed by atoms with Gasteiger partial charge in [-0.3, -0.25) is 4.98 Å². The Balaban J connectivity index is 2.13. The molecule has 0 fully saturated rings. The van der Waals surface area contributed by atoms with Gasteiger partial charge in [-0.15, -0.1) is 0 Å². The minimum Gasteiger partial charge on any atom is -0.393 e. The van der Waals surface area contributed by atoms with Crippen LogP contribution in [-0.2, 0) is 6.54 Å². The molecular weight excluding hydrogens is 164 g/mol. The Hall–Kier alpha value is -0.930.